The Hall–Kier alpha value is -2.34. The van der Waals surface area contributed by atoms with Gasteiger partial charge in [0.05, 0.1) is 10.0 Å². The molecule has 2 N–H and O–H groups in total. The highest BCUT2D eigenvalue weighted by Gasteiger charge is 2.10. The number of amides is 1. The van der Waals surface area contributed by atoms with E-state index in [4.69, 9.17) is 34.8 Å². The zero-order valence-electron chi connectivity index (χ0n) is 12.6. The van der Waals surface area contributed by atoms with Gasteiger partial charge < -0.3 is 10.6 Å². The van der Waals surface area contributed by atoms with E-state index >= 15 is 0 Å². The number of carbonyl (C=O) groups is 1. The lowest BCUT2D eigenvalue weighted by Gasteiger charge is -2.08. The van der Waals surface area contributed by atoms with Gasteiger partial charge in [0.2, 0.25) is 5.95 Å². The molecule has 1 heterocycles. The van der Waals surface area contributed by atoms with Gasteiger partial charge in [-0.2, -0.15) is 0 Å². The van der Waals surface area contributed by atoms with Crippen LogP contribution >= 0.6 is 34.8 Å². The summed E-state index contributed by atoms with van der Waals surface area (Å²) in [5.41, 5.74) is 1.43. The predicted octanol–water partition coefficient (Wildman–Crippen LogP) is 5.43. The Balaban J connectivity index is 1.76. The first-order chi connectivity index (χ1) is 12.0. The van der Waals surface area contributed by atoms with Gasteiger partial charge in [0, 0.05) is 22.6 Å². The molecule has 0 aliphatic heterocycles. The maximum absolute atomic E-state index is 12.3. The van der Waals surface area contributed by atoms with Gasteiger partial charge in [-0.25, -0.2) is 9.97 Å². The number of hydrogen-bond acceptors (Lipinski definition) is 4. The third-order valence-electron chi connectivity index (χ3n) is 3.15. The van der Waals surface area contributed by atoms with E-state index in [9.17, 15) is 4.79 Å². The molecule has 0 aliphatic rings. The summed E-state index contributed by atoms with van der Waals surface area (Å²) in [7, 11) is 0. The molecule has 0 bridgehead atoms. The number of benzene rings is 2. The van der Waals surface area contributed by atoms with Crippen molar-refractivity contribution in [3.63, 3.8) is 0 Å². The van der Waals surface area contributed by atoms with Crippen molar-refractivity contribution in [3.05, 3.63) is 75.5 Å². The summed E-state index contributed by atoms with van der Waals surface area (Å²) in [5.74, 6) is -0.112. The van der Waals surface area contributed by atoms with Crippen molar-refractivity contribution in [1.82, 2.24) is 9.97 Å². The third-order valence-corrected chi connectivity index (χ3v) is 4.12. The van der Waals surface area contributed by atoms with Crippen LogP contribution in [0.25, 0.3) is 0 Å². The van der Waals surface area contributed by atoms with Crippen molar-refractivity contribution in [2.45, 2.75) is 0 Å². The summed E-state index contributed by atoms with van der Waals surface area (Å²) in [6.45, 7) is 0. The van der Waals surface area contributed by atoms with Crippen LogP contribution in [0.3, 0.4) is 0 Å². The molecule has 1 amide bonds. The second-order valence-electron chi connectivity index (χ2n) is 4.98. The molecule has 0 aliphatic carbocycles. The van der Waals surface area contributed by atoms with Crippen LogP contribution in [0.15, 0.2) is 54.7 Å². The molecule has 3 aromatic rings. The van der Waals surface area contributed by atoms with Gasteiger partial charge in [-0.05, 0) is 42.5 Å². The van der Waals surface area contributed by atoms with Gasteiger partial charge in [-0.15, -0.1) is 0 Å². The van der Waals surface area contributed by atoms with Crippen molar-refractivity contribution < 1.29 is 4.79 Å². The number of hydrogen-bond donors (Lipinski definition) is 2. The highest BCUT2D eigenvalue weighted by Crippen LogP contribution is 2.25. The van der Waals surface area contributed by atoms with Crippen molar-refractivity contribution in [2.24, 2.45) is 0 Å². The van der Waals surface area contributed by atoms with Crippen molar-refractivity contribution in [2.75, 3.05) is 10.6 Å². The molecule has 0 fully saturated rings. The Kier molecular flexibility index (Phi) is 5.38. The second-order valence-corrected chi connectivity index (χ2v) is 6.23. The highest BCUT2D eigenvalue weighted by atomic mass is 35.5. The second kappa shape index (κ2) is 7.70. The molecule has 3 rings (SSSR count). The summed E-state index contributed by atoms with van der Waals surface area (Å²) < 4.78 is 0. The third kappa shape index (κ3) is 4.60. The van der Waals surface area contributed by atoms with Crippen LogP contribution in [0, 0.1) is 0 Å². The monoisotopic (exact) mass is 392 g/mol. The minimum Gasteiger partial charge on any atom is -0.324 e. The summed E-state index contributed by atoms with van der Waals surface area (Å²) in [6.07, 6.45) is 1.49. The molecule has 1 aromatic heterocycles. The zero-order chi connectivity index (χ0) is 17.8. The molecule has 126 valence electrons. The van der Waals surface area contributed by atoms with E-state index in [2.05, 4.69) is 20.6 Å². The number of nitrogens with zero attached hydrogens (tertiary/aromatic N) is 2. The highest BCUT2D eigenvalue weighted by molar-refractivity contribution is 6.42. The molecule has 0 spiro atoms. The lowest BCUT2D eigenvalue weighted by Crippen LogP contribution is -2.14. The molecule has 2 aromatic carbocycles. The first kappa shape index (κ1) is 17.5. The van der Waals surface area contributed by atoms with E-state index in [0.29, 0.717) is 20.8 Å². The maximum atomic E-state index is 12.3. The molecule has 0 atom stereocenters. The first-order valence-electron chi connectivity index (χ1n) is 7.13. The minimum atomic E-state index is -0.394. The van der Waals surface area contributed by atoms with Gasteiger partial charge in [-0.1, -0.05) is 40.9 Å². The van der Waals surface area contributed by atoms with Crippen molar-refractivity contribution >= 4 is 58.0 Å². The standard InChI is InChI=1S/C17H11Cl3N4O/c18-10-2-1-3-11(8-10)23-17-21-7-6-15(24-17)16(25)22-12-4-5-13(19)14(20)9-12/h1-9H,(H,22,25)(H,21,23,24). The molecular weight excluding hydrogens is 383 g/mol. The summed E-state index contributed by atoms with van der Waals surface area (Å²) in [4.78, 5) is 20.6. The average molecular weight is 394 g/mol. The fourth-order valence-corrected chi connectivity index (χ4v) is 2.50. The van der Waals surface area contributed by atoms with Gasteiger partial charge in [0.25, 0.3) is 5.91 Å². The fraction of sp³-hybridized carbons (Fsp3) is 0. The Morgan fingerprint density at radius 3 is 2.52 bits per heavy atom. The molecule has 0 saturated heterocycles. The number of aromatic nitrogens is 2. The first-order valence-corrected chi connectivity index (χ1v) is 8.27. The van der Waals surface area contributed by atoms with Gasteiger partial charge >= 0.3 is 0 Å². The van der Waals surface area contributed by atoms with Crippen LogP contribution in [0.2, 0.25) is 15.1 Å². The lowest BCUT2D eigenvalue weighted by molar-refractivity contribution is 0.102. The number of nitrogens with one attached hydrogen (secondary N) is 2. The van der Waals surface area contributed by atoms with Crippen molar-refractivity contribution in [3.8, 4) is 0 Å². The Morgan fingerprint density at radius 2 is 1.76 bits per heavy atom. The van der Waals surface area contributed by atoms with Gasteiger partial charge in [0.15, 0.2) is 0 Å². The van der Waals surface area contributed by atoms with E-state index in [-0.39, 0.29) is 11.6 Å². The summed E-state index contributed by atoms with van der Waals surface area (Å²) in [6, 6.07) is 13.4. The number of rotatable bonds is 4. The Morgan fingerprint density at radius 1 is 0.920 bits per heavy atom. The Labute approximate surface area is 159 Å². The summed E-state index contributed by atoms with van der Waals surface area (Å²) >= 11 is 17.7. The SMILES string of the molecule is O=C(Nc1ccc(Cl)c(Cl)c1)c1ccnc(Nc2cccc(Cl)c2)n1. The van der Waals surface area contributed by atoms with E-state index in [1.807, 2.05) is 6.07 Å². The quantitative estimate of drug-likeness (QED) is 0.620. The van der Waals surface area contributed by atoms with E-state index in [1.54, 1.807) is 36.4 Å². The predicted molar refractivity (Wildman–Crippen MR) is 101 cm³/mol. The molecule has 5 nitrogen and oxygen atoms in total. The fourth-order valence-electron chi connectivity index (χ4n) is 2.01. The molecule has 0 radical (unpaired) electrons. The number of halogens is 3. The van der Waals surface area contributed by atoms with Crippen LogP contribution in [0.5, 0.6) is 0 Å². The normalized spacial score (nSPS) is 10.4. The smallest absolute Gasteiger partial charge is 0.274 e. The topological polar surface area (TPSA) is 66.9 Å². The van der Waals surface area contributed by atoms with Crippen molar-refractivity contribution in [1.29, 1.82) is 0 Å². The van der Waals surface area contributed by atoms with E-state index < -0.39 is 5.91 Å². The van der Waals surface area contributed by atoms with Crippen LogP contribution in [-0.4, -0.2) is 15.9 Å². The van der Waals surface area contributed by atoms with E-state index in [1.165, 1.54) is 12.3 Å². The lowest BCUT2D eigenvalue weighted by atomic mass is 10.3. The van der Waals surface area contributed by atoms with Crippen LogP contribution in [-0.2, 0) is 0 Å². The van der Waals surface area contributed by atoms with Gasteiger partial charge in [-0.3, -0.25) is 4.79 Å². The molecule has 25 heavy (non-hydrogen) atoms. The number of anilines is 3. The van der Waals surface area contributed by atoms with Crippen LogP contribution < -0.4 is 10.6 Å². The average Bonchev–Trinajstić information content (AvgIpc) is 2.58. The summed E-state index contributed by atoms with van der Waals surface area (Å²) in [5, 5.41) is 7.05. The minimum absolute atomic E-state index is 0.200. The van der Waals surface area contributed by atoms with Crippen LogP contribution in [0.1, 0.15) is 10.5 Å². The molecule has 0 unspecified atom stereocenters. The van der Waals surface area contributed by atoms with E-state index in [0.717, 1.165) is 5.69 Å². The largest absolute Gasteiger partial charge is 0.324 e. The molecule has 0 saturated carbocycles. The van der Waals surface area contributed by atoms with Gasteiger partial charge in [0.1, 0.15) is 5.69 Å². The number of carbonyl (C=O) groups excluding carboxylic acids is 1. The molecular formula is C17H11Cl3N4O. The zero-order valence-corrected chi connectivity index (χ0v) is 14.9. The van der Waals surface area contributed by atoms with Crippen LogP contribution in [0.4, 0.5) is 17.3 Å². The Bertz CT molecular complexity index is 933. The maximum Gasteiger partial charge on any atom is 0.274 e. The molecule has 8 heteroatoms.